The largest absolute Gasteiger partial charge is 0.423 e. The molecule has 0 amide bonds. The van der Waals surface area contributed by atoms with Crippen molar-refractivity contribution >= 4 is 16.6 Å². The Kier molecular flexibility index (Phi) is 6.79. The number of fused-ring (bicyclic) bond motifs is 1. The standard InChI is InChI=1S/C24H18F7N7O2/c25-16-6-15-17(7-14(16)20-32-8-12(9-33-20)23(26,27)28)34-11-37(22(15)40)4-1-2-13-3-5-38(13)18-10-35-36-21(39)19(18)24(29,30)31/h6-11,13H,1-5H2,(H,36,39). The van der Waals surface area contributed by atoms with Crippen LogP contribution in [-0.2, 0) is 18.9 Å². The fourth-order valence-corrected chi connectivity index (χ4v) is 4.56. The van der Waals surface area contributed by atoms with Crippen molar-refractivity contribution in [2.24, 2.45) is 0 Å². The first-order valence-electron chi connectivity index (χ1n) is 11.8. The number of aromatic nitrogens is 6. The topological polar surface area (TPSA) is 110 Å². The summed E-state index contributed by atoms with van der Waals surface area (Å²) in [5, 5.41) is 5.22. The minimum absolute atomic E-state index is 0.0767. The van der Waals surface area contributed by atoms with E-state index >= 15 is 0 Å². The van der Waals surface area contributed by atoms with Crippen molar-refractivity contribution < 1.29 is 30.7 Å². The molecular weight excluding hydrogens is 551 g/mol. The number of hydrogen-bond donors (Lipinski definition) is 1. The van der Waals surface area contributed by atoms with Gasteiger partial charge >= 0.3 is 12.4 Å². The van der Waals surface area contributed by atoms with Crippen molar-refractivity contribution in [1.82, 2.24) is 29.7 Å². The fourth-order valence-electron chi connectivity index (χ4n) is 4.56. The zero-order chi connectivity index (χ0) is 28.8. The molecule has 0 aliphatic carbocycles. The summed E-state index contributed by atoms with van der Waals surface area (Å²) in [7, 11) is 0. The lowest BCUT2D eigenvalue weighted by atomic mass is 9.96. The summed E-state index contributed by atoms with van der Waals surface area (Å²) in [5.41, 5.74) is -4.78. The van der Waals surface area contributed by atoms with Gasteiger partial charge in [-0.1, -0.05) is 0 Å². The SMILES string of the molecule is O=c1[nH]ncc(N2CCC2CCCn2cnc3cc(-c4ncc(C(F)(F)F)cn4)c(F)cc3c2=O)c1C(F)(F)F. The van der Waals surface area contributed by atoms with E-state index < -0.39 is 40.4 Å². The van der Waals surface area contributed by atoms with Crippen molar-refractivity contribution in [2.45, 2.75) is 44.2 Å². The maximum Gasteiger partial charge on any atom is 0.423 e. The molecule has 1 fully saturated rings. The highest BCUT2D eigenvalue weighted by Gasteiger charge is 2.41. The van der Waals surface area contributed by atoms with Crippen LogP contribution in [0, 0.1) is 5.82 Å². The third kappa shape index (κ3) is 5.12. The van der Waals surface area contributed by atoms with E-state index in [1.54, 1.807) is 5.10 Å². The van der Waals surface area contributed by atoms with Gasteiger partial charge in [-0.2, -0.15) is 31.4 Å². The molecule has 9 nitrogen and oxygen atoms in total. The molecular formula is C24H18F7N7O2. The quantitative estimate of drug-likeness (QED) is 0.347. The molecule has 40 heavy (non-hydrogen) atoms. The van der Waals surface area contributed by atoms with E-state index in [4.69, 9.17) is 0 Å². The normalized spacial score (nSPS) is 15.9. The van der Waals surface area contributed by atoms with E-state index in [-0.39, 0.29) is 40.6 Å². The number of H-pyrrole nitrogens is 1. The van der Waals surface area contributed by atoms with Gasteiger partial charge in [0.25, 0.3) is 11.1 Å². The van der Waals surface area contributed by atoms with Crippen LogP contribution in [0.25, 0.3) is 22.3 Å². The van der Waals surface area contributed by atoms with Crippen LogP contribution in [-0.4, -0.2) is 42.3 Å². The summed E-state index contributed by atoms with van der Waals surface area (Å²) in [6.45, 7) is 0.442. The molecule has 210 valence electrons. The lowest BCUT2D eigenvalue weighted by Crippen LogP contribution is -2.49. The van der Waals surface area contributed by atoms with Gasteiger partial charge in [-0.15, -0.1) is 0 Å². The minimum Gasteiger partial charge on any atom is -0.366 e. The predicted molar refractivity (Wildman–Crippen MR) is 127 cm³/mol. The zero-order valence-electron chi connectivity index (χ0n) is 20.2. The summed E-state index contributed by atoms with van der Waals surface area (Å²) in [6, 6.07) is 1.76. The lowest BCUT2D eigenvalue weighted by Gasteiger charge is -2.43. The van der Waals surface area contributed by atoms with E-state index in [1.807, 2.05) is 0 Å². The Bertz CT molecular complexity index is 1680. The number of aromatic amines is 1. The molecule has 1 saturated heterocycles. The molecule has 4 aromatic rings. The number of alkyl halides is 6. The van der Waals surface area contributed by atoms with E-state index in [9.17, 15) is 40.3 Å². The van der Waals surface area contributed by atoms with Crippen molar-refractivity contribution in [3.8, 4) is 11.4 Å². The Morgan fingerprint density at radius 2 is 1.70 bits per heavy atom. The first kappa shape index (κ1) is 27.2. The number of halogens is 7. The molecule has 1 aromatic carbocycles. The highest BCUT2D eigenvalue weighted by atomic mass is 19.4. The zero-order valence-corrected chi connectivity index (χ0v) is 20.2. The van der Waals surface area contributed by atoms with Gasteiger partial charge in [0.1, 0.15) is 11.4 Å². The number of aryl methyl sites for hydroxylation is 1. The van der Waals surface area contributed by atoms with Gasteiger partial charge in [-0.05, 0) is 31.4 Å². The molecule has 4 heterocycles. The average molecular weight is 569 g/mol. The Balaban J connectivity index is 1.31. The van der Waals surface area contributed by atoms with Gasteiger partial charge < -0.3 is 4.90 Å². The Labute approximate surface area is 219 Å². The number of anilines is 1. The van der Waals surface area contributed by atoms with Gasteiger partial charge in [0.05, 0.1) is 40.2 Å². The Hall–Kier alpha value is -4.37. The van der Waals surface area contributed by atoms with Crippen molar-refractivity contribution in [2.75, 3.05) is 11.4 Å². The van der Waals surface area contributed by atoms with Crippen LogP contribution in [0.15, 0.2) is 46.6 Å². The highest BCUT2D eigenvalue weighted by molar-refractivity contribution is 5.82. The molecule has 0 spiro atoms. The summed E-state index contributed by atoms with van der Waals surface area (Å²) in [6.07, 6.45) is -4.94. The van der Waals surface area contributed by atoms with Gasteiger partial charge in [0, 0.05) is 31.5 Å². The maximum absolute atomic E-state index is 14.8. The smallest absolute Gasteiger partial charge is 0.366 e. The number of benzene rings is 1. The van der Waals surface area contributed by atoms with Crippen molar-refractivity contribution in [3.63, 3.8) is 0 Å². The summed E-state index contributed by atoms with van der Waals surface area (Å²) in [4.78, 5) is 37.5. The van der Waals surface area contributed by atoms with Gasteiger partial charge in [0.2, 0.25) is 0 Å². The number of nitrogens with zero attached hydrogens (tertiary/aromatic N) is 6. The third-order valence-electron chi connectivity index (χ3n) is 6.64. The van der Waals surface area contributed by atoms with Gasteiger partial charge in [0.15, 0.2) is 5.82 Å². The van der Waals surface area contributed by atoms with E-state index in [0.717, 1.165) is 12.3 Å². The maximum atomic E-state index is 14.8. The van der Waals surface area contributed by atoms with E-state index in [2.05, 4.69) is 20.1 Å². The molecule has 1 unspecified atom stereocenters. The Morgan fingerprint density at radius 3 is 2.33 bits per heavy atom. The highest BCUT2D eigenvalue weighted by Crippen LogP contribution is 2.38. The first-order valence-corrected chi connectivity index (χ1v) is 11.8. The minimum atomic E-state index is -4.86. The fraction of sp³-hybridized carbons (Fsp3) is 0.333. The predicted octanol–water partition coefficient (Wildman–Crippen LogP) is 4.17. The monoisotopic (exact) mass is 569 g/mol. The second-order valence-electron chi connectivity index (χ2n) is 9.12. The van der Waals surface area contributed by atoms with Crippen molar-refractivity contribution in [1.29, 1.82) is 0 Å². The first-order chi connectivity index (χ1) is 18.8. The van der Waals surface area contributed by atoms with Crippen LogP contribution in [0.2, 0.25) is 0 Å². The molecule has 5 rings (SSSR count). The van der Waals surface area contributed by atoms with Crippen LogP contribution >= 0.6 is 0 Å². The number of rotatable bonds is 6. The van der Waals surface area contributed by atoms with Crippen molar-refractivity contribution in [3.05, 3.63) is 74.7 Å². The second kappa shape index (κ2) is 9.98. The van der Waals surface area contributed by atoms with Crippen LogP contribution in [0.3, 0.4) is 0 Å². The van der Waals surface area contributed by atoms with Crippen LogP contribution in [0.5, 0.6) is 0 Å². The summed E-state index contributed by atoms with van der Waals surface area (Å²) in [5.74, 6) is -1.24. The Morgan fingerprint density at radius 1 is 0.975 bits per heavy atom. The summed E-state index contributed by atoms with van der Waals surface area (Å²) < 4.78 is 94.6. The molecule has 1 atom stereocenters. The molecule has 0 bridgehead atoms. The molecule has 16 heteroatoms. The average Bonchev–Trinajstić information content (AvgIpc) is 2.86. The van der Waals surface area contributed by atoms with E-state index in [0.29, 0.717) is 38.2 Å². The second-order valence-corrected chi connectivity index (χ2v) is 9.12. The van der Waals surface area contributed by atoms with E-state index in [1.165, 1.54) is 21.9 Å². The molecule has 3 aromatic heterocycles. The number of nitrogens with one attached hydrogen (secondary N) is 1. The molecule has 1 aliphatic heterocycles. The molecule has 0 radical (unpaired) electrons. The lowest BCUT2D eigenvalue weighted by molar-refractivity contribution is -0.139. The molecule has 1 aliphatic rings. The summed E-state index contributed by atoms with van der Waals surface area (Å²) >= 11 is 0. The molecule has 0 saturated carbocycles. The molecule has 1 N–H and O–H groups in total. The van der Waals surface area contributed by atoms with Gasteiger partial charge in [-0.3, -0.25) is 14.2 Å². The number of hydrogen-bond acceptors (Lipinski definition) is 7. The van der Waals surface area contributed by atoms with Crippen LogP contribution in [0.4, 0.5) is 36.4 Å². The third-order valence-corrected chi connectivity index (χ3v) is 6.64. The van der Waals surface area contributed by atoms with Crippen LogP contribution in [0.1, 0.15) is 30.4 Å². The van der Waals surface area contributed by atoms with Gasteiger partial charge in [-0.25, -0.2) is 24.4 Å². The van der Waals surface area contributed by atoms with Crippen LogP contribution < -0.4 is 16.0 Å².